The molecular weight excluding hydrogens is 230 g/mol. The maximum Gasteiger partial charge on any atom is 0.227 e. The molecule has 0 aliphatic rings. The molecular formula is C13H21N3O2. The average molecular weight is 251 g/mol. The zero-order chi connectivity index (χ0) is 13.8. The molecule has 4 N–H and O–H groups in total. The van der Waals surface area contributed by atoms with Crippen LogP contribution in [0.4, 0.5) is 11.4 Å². The predicted molar refractivity (Wildman–Crippen MR) is 73.7 cm³/mol. The second kappa shape index (κ2) is 5.62. The highest BCUT2D eigenvalue weighted by atomic mass is 16.5. The first kappa shape index (κ1) is 14.2. The molecule has 0 saturated heterocycles. The van der Waals surface area contributed by atoms with Gasteiger partial charge in [-0.25, -0.2) is 0 Å². The van der Waals surface area contributed by atoms with Crippen LogP contribution in [0.3, 0.4) is 0 Å². The molecule has 0 saturated carbocycles. The SMILES string of the molecule is CNC(=O)C(C)(C)CNc1ccc(OC)cc1N. The van der Waals surface area contributed by atoms with Crippen molar-refractivity contribution in [2.45, 2.75) is 13.8 Å². The van der Waals surface area contributed by atoms with Crippen molar-refractivity contribution in [2.75, 3.05) is 31.8 Å². The number of carbonyl (C=O) groups is 1. The molecule has 0 aliphatic carbocycles. The maximum absolute atomic E-state index is 11.6. The molecule has 0 unspecified atom stereocenters. The number of nitrogens with one attached hydrogen (secondary N) is 2. The van der Waals surface area contributed by atoms with E-state index in [1.165, 1.54) is 0 Å². The van der Waals surface area contributed by atoms with Gasteiger partial charge in [0.15, 0.2) is 0 Å². The third-order valence-corrected chi connectivity index (χ3v) is 2.82. The number of nitrogen functional groups attached to an aromatic ring is 1. The predicted octanol–water partition coefficient (Wildman–Crippen LogP) is 1.46. The summed E-state index contributed by atoms with van der Waals surface area (Å²) >= 11 is 0. The van der Waals surface area contributed by atoms with Gasteiger partial charge in [-0.2, -0.15) is 0 Å². The number of hydrogen-bond donors (Lipinski definition) is 3. The van der Waals surface area contributed by atoms with Crippen molar-refractivity contribution < 1.29 is 9.53 Å². The lowest BCUT2D eigenvalue weighted by Gasteiger charge is -2.24. The molecule has 0 aliphatic heterocycles. The number of carbonyl (C=O) groups excluding carboxylic acids is 1. The number of hydrogen-bond acceptors (Lipinski definition) is 4. The lowest BCUT2D eigenvalue weighted by atomic mass is 9.92. The summed E-state index contributed by atoms with van der Waals surface area (Å²) in [5.41, 5.74) is 6.79. The van der Waals surface area contributed by atoms with E-state index in [4.69, 9.17) is 10.5 Å². The third-order valence-electron chi connectivity index (χ3n) is 2.82. The normalized spacial score (nSPS) is 10.9. The summed E-state index contributed by atoms with van der Waals surface area (Å²) in [5, 5.41) is 5.82. The van der Waals surface area contributed by atoms with E-state index in [0.29, 0.717) is 18.0 Å². The Morgan fingerprint density at radius 1 is 1.44 bits per heavy atom. The molecule has 0 bridgehead atoms. The maximum atomic E-state index is 11.6. The largest absolute Gasteiger partial charge is 0.497 e. The van der Waals surface area contributed by atoms with Crippen LogP contribution in [-0.4, -0.2) is 26.6 Å². The number of rotatable bonds is 5. The van der Waals surface area contributed by atoms with Gasteiger partial charge in [0.25, 0.3) is 0 Å². The number of amides is 1. The van der Waals surface area contributed by atoms with Gasteiger partial charge in [-0.3, -0.25) is 4.79 Å². The number of benzene rings is 1. The molecule has 0 spiro atoms. The fourth-order valence-corrected chi connectivity index (χ4v) is 1.56. The highest BCUT2D eigenvalue weighted by Crippen LogP contribution is 2.25. The second-order valence-corrected chi connectivity index (χ2v) is 4.77. The molecule has 0 heterocycles. The molecule has 0 aromatic heterocycles. The zero-order valence-corrected chi connectivity index (χ0v) is 11.3. The van der Waals surface area contributed by atoms with E-state index in [1.54, 1.807) is 20.2 Å². The van der Waals surface area contributed by atoms with Gasteiger partial charge in [0, 0.05) is 19.7 Å². The van der Waals surface area contributed by atoms with Crippen molar-refractivity contribution in [1.82, 2.24) is 5.32 Å². The second-order valence-electron chi connectivity index (χ2n) is 4.77. The summed E-state index contributed by atoms with van der Waals surface area (Å²) < 4.78 is 5.08. The van der Waals surface area contributed by atoms with E-state index >= 15 is 0 Å². The molecule has 0 atom stereocenters. The first-order valence-corrected chi connectivity index (χ1v) is 5.80. The number of nitrogens with two attached hydrogens (primary N) is 1. The Kier molecular flexibility index (Phi) is 4.42. The first-order chi connectivity index (χ1) is 8.40. The lowest BCUT2D eigenvalue weighted by Crippen LogP contribution is -2.39. The molecule has 1 aromatic rings. The molecule has 1 amide bonds. The summed E-state index contributed by atoms with van der Waals surface area (Å²) in [5.74, 6) is 0.700. The molecule has 18 heavy (non-hydrogen) atoms. The zero-order valence-electron chi connectivity index (χ0n) is 11.3. The minimum Gasteiger partial charge on any atom is -0.497 e. The Hall–Kier alpha value is -1.91. The van der Waals surface area contributed by atoms with Crippen LogP contribution in [0, 0.1) is 5.41 Å². The third kappa shape index (κ3) is 3.29. The van der Waals surface area contributed by atoms with Crippen LogP contribution in [-0.2, 0) is 4.79 Å². The fraction of sp³-hybridized carbons (Fsp3) is 0.462. The van der Waals surface area contributed by atoms with Crippen LogP contribution in [0.2, 0.25) is 0 Å². The molecule has 5 nitrogen and oxygen atoms in total. The monoisotopic (exact) mass is 251 g/mol. The van der Waals surface area contributed by atoms with Gasteiger partial charge in [-0.1, -0.05) is 0 Å². The Morgan fingerprint density at radius 2 is 2.11 bits per heavy atom. The number of anilines is 2. The number of methoxy groups -OCH3 is 1. The first-order valence-electron chi connectivity index (χ1n) is 5.80. The minimum absolute atomic E-state index is 0.0120. The Labute approximate surface area is 108 Å². The van der Waals surface area contributed by atoms with Crippen LogP contribution in [0.5, 0.6) is 5.75 Å². The van der Waals surface area contributed by atoms with Crippen LogP contribution in [0.1, 0.15) is 13.8 Å². The van der Waals surface area contributed by atoms with E-state index in [1.807, 2.05) is 26.0 Å². The Morgan fingerprint density at radius 3 is 2.61 bits per heavy atom. The highest BCUT2D eigenvalue weighted by Gasteiger charge is 2.26. The lowest BCUT2D eigenvalue weighted by molar-refractivity contribution is -0.128. The van der Waals surface area contributed by atoms with Crippen LogP contribution >= 0.6 is 0 Å². The van der Waals surface area contributed by atoms with Gasteiger partial charge < -0.3 is 21.1 Å². The van der Waals surface area contributed by atoms with E-state index in [2.05, 4.69) is 10.6 Å². The summed E-state index contributed by atoms with van der Waals surface area (Å²) in [7, 11) is 3.22. The molecule has 0 fully saturated rings. The molecule has 5 heteroatoms. The highest BCUT2D eigenvalue weighted by molar-refractivity contribution is 5.82. The molecule has 1 aromatic carbocycles. The minimum atomic E-state index is -0.499. The molecule has 0 radical (unpaired) electrons. The Bertz CT molecular complexity index is 430. The molecule has 100 valence electrons. The van der Waals surface area contributed by atoms with E-state index in [0.717, 1.165) is 5.69 Å². The van der Waals surface area contributed by atoms with Gasteiger partial charge >= 0.3 is 0 Å². The van der Waals surface area contributed by atoms with E-state index in [9.17, 15) is 4.79 Å². The standard InChI is InChI=1S/C13H21N3O2/c1-13(2,12(17)15-3)8-16-11-6-5-9(18-4)7-10(11)14/h5-7,16H,8,14H2,1-4H3,(H,15,17). The number of ether oxygens (including phenoxy) is 1. The van der Waals surface area contributed by atoms with Crippen molar-refractivity contribution in [2.24, 2.45) is 5.41 Å². The summed E-state index contributed by atoms with van der Waals surface area (Å²) in [6.45, 7) is 4.25. The van der Waals surface area contributed by atoms with Crippen molar-refractivity contribution in [1.29, 1.82) is 0 Å². The summed E-state index contributed by atoms with van der Waals surface area (Å²) in [4.78, 5) is 11.6. The topological polar surface area (TPSA) is 76.4 Å². The fourth-order valence-electron chi connectivity index (χ4n) is 1.56. The average Bonchev–Trinajstić information content (AvgIpc) is 2.36. The smallest absolute Gasteiger partial charge is 0.227 e. The van der Waals surface area contributed by atoms with Gasteiger partial charge in [-0.15, -0.1) is 0 Å². The summed E-state index contributed by atoms with van der Waals surface area (Å²) in [6.07, 6.45) is 0. The van der Waals surface area contributed by atoms with Crippen LogP contribution < -0.4 is 21.1 Å². The van der Waals surface area contributed by atoms with Gasteiger partial charge in [-0.05, 0) is 26.0 Å². The van der Waals surface area contributed by atoms with E-state index in [-0.39, 0.29) is 5.91 Å². The van der Waals surface area contributed by atoms with Crippen molar-refractivity contribution in [3.63, 3.8) is 0 Å². The molecule has 1 rings (SSSR count). The Balaban J connectivity index is 2.72. The van der Waals surface area contributed by atoms with Gasteiger partial charge in [0.05, 0.1) is 23.9 Å². The van der Waals surface area contributed by atoms with Crippen LogP contribution in [0.15, 0.2) is 18.2 Å². The van der Waals surface area contributed by atoms with Gasteiger partial charge in [0.2, 0.25) is 5.91 Å². The quantitative estimate of drug-likeness (QED) is 0.692. The van der Waals surface area contributed by atoms with E-state index < -0.39 is 5.41 Å². The van der Waals surface area contributed by atoms with Crippen LogP contribution in [0.25, 0.3) is 0 Å². The van der Waals surface area contributed by atoms with Crippen molar-refractivity contribution >= 4 is 17.3 Å². The van der Waals surface area contributed by atoms with Gasteiger partial charge in [0.1, 0.15) is 5.75 Å². The van der Waals surface area contributed by atoms with Crippen molar-refractivity contribution in [3.8, 4) is 5.75 Å². The van der Waals surface area contributed by atoms with Crippen molar-refractivity contribution in [3.05, 3.63) is 18.2 Å². The summed E-state index contributed by atoms with van der Waals surface area (Å²) in [6, 6.07) is 5.41.